The minimum absolute atomic E-state index is 0.0235. The standard InChI is InChI=1S/C13H19BrN2O2/c1-9(14)8-15-11-7-12(17)16(13(11)18)10-5-3-2-4-6-10/h10-11,15H,1-8H2. The predicted octanol–water partition coefficient (Wildman–Crippen LogP) is 1.94. The van der Waals surface area contributed by atoms with Crippen molar-refractivity contribution in [3.8, 4) is 0 Å². The largest absolute Gasteiger partial charge is 0.301 e. The fourth-order valence-electron chi connectivity index (χ4n) is 2.77. The van der Waals surface area contributed by atoms with Crippen LogP contribution in [0.5, 0.6) is 0 Å². The summed E-state index contributed by atoms with van der Waals surface area (Å²) in [5.74, 6) is -0.0785. The van der Waals surface area contributed by atoms with Gasteiger partial charge in [-0.25, -0.2) is 0 Å². The van der Waals surface area contributed by atoms with E-state index in [4.69, 9.17) is 0 Å². The molecule has 1 aliphatic heterocycles. The molecule has 1 aliphatic carbocycles. The summed E-state index contributed by atoms with van der Waals surface area (Å²) in [6.45, 7) is 4.23. The lowest BCUT2D eigenvalue weighted by molar-refractivity contribution is -0.142. The Morgan fingerprint density at radius 1 is 1.33 bits per heavy atom. The van der Waals surface area contributed by atoms with Gasteiger partial charge in [0, 0.05) is 17.1 Å². The van der Waals surface area contributed by atoms with E-state index in [0.717, 1.165) is 30.2 Å². The molecule has 0 aromatic rings. The highest BCUT2D eigenvalue weighted by Gasteiger charge is 2.42. The number of rotatable bonds is 4. The van der Waals surface area contributed by atoms with Gasteiger partial charge in [-0.2, -0.15) is 0 Å². The molecule has 0 spiro atoms. The van der Waals surface area contributed by atoms with Crippen molar-refractivity contribution in [3.05, 3.63) is 11.1 Å². The van der Waals surface area contributed by atoms with Crippen molar-refractivity contribution in [3.63, 3.8) is 0 Å². The van der Waals surface area contributed by atoms with E-state index in [9.17, 15) is 9.59 Å². The number of likely N-dealkylation sites (tertiary alicyclic amines) is 1. The van der Waals surface area contributed by atoms with Gasteiger partial charge < -0.3 is 5.32 Å². The van der Waals surface area contributed by atoms with Crippen LogP contribution < -0.4 is 5.32 Å². The minimum atomic E-state index is -0.367. The van der Waals surface area contributed by atoms with Crippen LogP contribution >= 0.6 is 15.9 Å². The summed E-state index contributed by atoms with van der Waals surface area (Å²) in [7, 11) is 0. The Balaban J connectivity index is 1.97. The Bertz CT molecular complexity index is 364. The van der Waals surface area contributed by atoms with E-state index in [0.29, 0.717) is 6.54 Å². The molecule has 1 N–H and O–H groups in total. The lowest BCUT2D eigenvalue weighted by Gasteiger charge is -2.29. The zero-order valence-electron chi connectivity index (χ0n) is 10.5. The number of imide groups is 1. The van der Waals surface area contributed by atoms with Crippen LogP contribution in [0.4, 0.5) is 0 Å². The van der Waals surface area contributed by atoms with Crippen LogP contribution in [0.2, 0.25) is 0 Å². The fraction of sp³-hybridized carbons (Fsp3) is 0.692. The second-order valence-corrected chi connectivity index (χ2v) is 6.17. The SMILES string of the molecule is C=C(Br)CNC1CC(=O)N(C2CCCCC2)C1=O. The van der Waals surface area contributed by atoms with Crippen LogP contribution in [0.15, 0.2) is 11.1 Å². The van der Waals surface area contributed by atoms with Gasteiger partial charge in [0.25, 0.3) is 0 Å². The maximum Gasteiger partial charge on any atom is 0.247 e. The van der Waals surface area contributed by atoms with E-state index >= 15 is 0 Å². The lowest BCUT2D eigenvalue weighted by atomic mass is 9.94. The highest BCUT2D eigenvalue weighted by atomic mass is 79.9. The molecule has 18 heavy (non-hydrogen) atoms. The van der Waals surface area contributed by atoms with Crippen LogP contribution in [-0.2, 0) is 9.59 Å². The van der Waals surface area contributed by atoms with Crippen LogP contribution in [0, 0.1) is 0 Å². The number of carbonyl (C=O) groups is 2. The van der Waals surface area contributed by atoms with Gasteiger partial charge in [0.2, 0.25) is 11.8 Å². The Labute approximate surface area is 116 Å². The first-order valence-corrected chi connectivity index (χ1v) is 7.31. The summed E-state index contributed by atoms with van der Waals surface area (Å²) in [4.78, 5) is 25.7. The topological polar surface area (TPSA) is 49.4 Å². The van der Waals surface area contributed by atoms with E-state index < -0.39 is 0 Å². The zero-order chi connectivity index (χ0) is 13.1. The fourth-order valence-corrected chi connectivity index (χ4v) is 2.93. The van der Waals surface area contributed by atoms with E-state index in [1.54, 1.807) is 0 Å². The van der Waals surface area contributed by atoms with Gasteiger partial charge in [0.05, 0.1) is 12.5 Å². The van der Waals surface area contributed by atoms with Crippen LogP contribution in [0.25, 0.3) is 0 Å². The molecule has 4 nitrogen and oxygen atoms in total. The molecule has 2 fully saturated rings. The summed E-state index contributed by atoms with van der Waals surface area (Å²) in [6, 6.07) is -0.230. The minimum Gasteiger partial charge on any atom is -0.301 e. The Morgan fingerprint density at radius 3 is 2.61 bits per heavy atom. The second-order valence-electron chi connectivity index (χ2n) is 5.05. The maximum absolute atomic E-state index is 12.2. The van der Waals surface area contributed by atoms with Crippen molar-refractivity contribution in [2.24, 2.45) is 0 Å². The van der Waals surface area contributed by atoms with E-state index in [2.05, 4.69) is 27.8 Å². The van der Waals surface area contributed by atoms with Crippen LogP contribution in [0.1, 0.15) is 38.5 Å². The average molecular weight is 315 g/mol. The molecule has 0 bridgehead atoms. The van der Waals surface area contributed by atoms with Gasteiger partial charge in [-0.3, -0.25) is 14.5 Å². The molecule has 0 radical (unpaired) electrons. The number of hydrogen-bond acceptors (Lipinski definition) is 3. The zero-order valence-corrected chi connectivity index (χ0v) is 12.0. The Kier molecular flexibility index (Phi) is 4.56. The highest BCUT2D eigenvalue weighted by Crippen LogP contribution is 2.27. The summed E-state index contributed by atoms with van der Waals surface area (Å²) in [6.07, 6.45) is 5.69. The van der Waals surface area contributed by atoms with Crippen molar-refractivity contribution in [1.82, 2.24) is 10.2 Å². The number of nitrogens with one attached hydrogen (secondary N) is 1. The number of carbonyl (C=O) groups excluding carboxylic acids is 2. The van der Waals surface area contributed by atoms with Gasteiger partial charge in [-0.05, 0) is 12.8 Å². The average Bonchev–Trinajstić information content (AvgIpc) is 2.63. The van der Waals surface area contributed by atoms with Gasteiger partial charge in [0.15, 0.2) is 0 Å². The molecule has 2 rings (SSSR count). The molecule has 1 unspecified atom stereocenters. The normalized spacial score (nSPS) is 25.8. The van der Waals surface area contributed by atoms with E-state index in [1.807, 2.05) is 0 Å². The highest BCUT2D eigenvalue weighted by molar-refractivity contribution is 9.11. The first-order chi connectivity index (χ1) is 8.59. The second kappa shape index (κ2) is 5.97. The predicted molar refractivity (Wildman–Crippen MR) is 73.2 cm³/mol. The number of nitrogens with zero attached hydrogens (tertiary/aromatic N) is 1. The molecule has 5 heteroatoms. The monoisotopic (exact) mass is 314 g/mol. The third kappa shape index (κ3) is 3.01. The molecule has 1 saturated heterocycles. The molecule has 1 saturated carbocycles. The molecular weight excluding hydrogens is 296 g/mol. The molecule has 0 aromatic heterocycles. The molecule has 1 heterocycles. The molecule has 1 atom stereocenters. The van der Waals surface area contributed by atoms with Crippen LogP contribution in [0.3, 0.4) is 0 Å². The van der Waals surface area contributed by atoms with E-state index in [1.165, 1.54) is 11.3 Å². The van der Waals surface area contributed by atoms with Crippen LogP contribution in [-0.4, -0.2) is 35.3 Å². The molecular formula is C13H19BrN2O2. The number of halogens is 1. The summed E-state index contributed by atoms with van der Waals surface area (Å²) in [5.41, 5.74) is 0. The third-order valence-corrected chi connectivity index (χ3v) is 3.94. The van der Waals surface area contributed by atoms with E-state index in [-0.39, 0.29) is 30.3 Å². The summed E-state index contributed by atoms with van der Waals surface area (Å²) < 4.78 is 0.791. The van der Waals surface area contributed by atoms with Gasteiger partial charge >= 0.3 is 0 Å². The number of amides is 2. The lowest BCUT2D eigenvalue weighted by Crippen LogP contribution is -2.44. The van der Waals surface area contributed by atoms with Crippen molar-refractivity contribution in [2.45, 2.75) is 50.6 Å². The van der Waals surface area contributed by atoms with Crippen molar-refractivity contribution >= 4 is 27.7 Å². The molecule has 0 aromatic carbocycles. The summed E-state index contributed by atoms with van der Waals surface area (Å²) in [5, 5.41) is 3.07. The van der Waals surface area contributed by atoms with Crippen molar-refractivity contribution in [1.29, 1.82) is 0 Å². The van der Waals surface area contributed by atoms with Gasteiger partial charge in [-0.1, -0.05) is 41.8 Å². The third-order valence-electron chi connectivity index (χ3n) is 3.66. The Hall–Kier alpha value is -0.680. The number of hydrogen-bond donors (Lipinski definition) is 1. The molecule has 2 aliphatic rings. The first kappa shape index (κ1) is 13.7. The van der Waals surface area contributed by atoms with Crippen molar-refractivity contribution in [2.75, 3.05) is 6.54 Å². The quantitative estimate of drug-likeness (QED) is 0.807. The Morgan fingerprint density at radius 2 is 2.00 bits per heavy atom. The molecule has 2 amide bonds. The van der Waals surface area contributed by atoms with Gasteiger partial charge in [0.1, 0.15) is 0 Å². The molecule has 100 valence electrons. The smallest absolute Gasteiger partial charge is 0.247 e. The summed E-state index contributed by atoms with van der Waals surface area (Å²) >= 11 is 3.24. The van der Waals surface area contributed by atoms with Gasteiger partial charge in [-0.15, -0.1) is 0 Å². The van der Waals surface area contributed by atoms with Crippen molar-refractivity contribution < 1.29 is 9.59 Å². The first-order valence-electron chi connectivity index (χ1n) is 6.52. The maximum atomic E-state index is 12.2.